The Bertz CT molecular complexity index is 470. The summed E-state index contributed by atoms with van der Waals surface area (Å²) in [5.41, 5.74) is 2.43. The highest BCUT2D eigenvalue weighted by Crippen LogP contribution is 2.29. The molecular weight excluding hydrogens is 309 g/mol. The highest BCUT2D eigenvalue weighted by atomic mass is 35.5. The first-order valence-electron chi connectivity index (χ1n) is 6.72. The summed E-state index contributed by atoms with van der Waals surface area (Å²) in [5, 5.41) is 12.5. The van der Waals surface area contributed by atoms with E-state index < -0.39 is 0 Å². The van der Waals surface area contributed by atoms with Crippen LogP contribution in [0.1, 0.15) is 23.6 Å². The molecule has 1 N–H and O–H groups in total. The maximum Gasteiger partial charge on any atom is 0.119 e. The number of benzene rings is 1. The van der Waals surface area contributed by atoms with Crippen molar-refractivity contribution in [2.75, 3.05) is 33.3 Å². The van der Waals surface area contributed by atoms with Crippen molar-refractivity contribution in [3.05, 3.63) is 29.3 Å². The molecule has 0 aromatic heterocycles. The molecule has 0 saturated carbocycles. The fourth-order valence-corrected chi connectivity index (χ4v) is 2.67. The van der Waals surface area contributed by atoms with Crippen molar-refractivity contribution in [1.82, 2.24) is 10.2 Å². The summed E-state index contributed by atoms with van der Waals surface area (Å²) in [6.45, 7) is 6.08. The number of rotatable bonds is 4. The molecule has 118 valence electrons. The van der Waals surface area contributed by atoms with Crippen LogP contribution >= 0.6 is 24.8 Å². The zero-order chi connectivity index (χ0) is 13.7. The van der Waals surface area contributed by atoms with Crippen LogP contribution in [0.4, 0.5) is 0 Å². The second-order valence-corrected chi connectivity index (χ2v) is 4.89. The van der Waals surface area contributed by atoms with Gasteiger partial charge in [0.1, 0.15) is 5.75 Å². The third-order valence-corrected chi connectivity index (χ3v) is 3.71. The van der Waals surface area contributed by atoms with Crippen molar-refractivity contribution in [3.63, 3.8) is 0 Å². The standard InChI is InChI=1S/C15H21N3O.2ClH/c1-12-11-13(19-2)3-4-14(12)15(5-6-16)18-9-7-17-8-10-18;;/h3-4,11,15,17H,5,7-10H2,1-2H3;2*1H/t15-;;/m1../s1. The molecule has 1 aliphatic rings. The molecule has 6 heteroatoms. The van der Waals surface area contributed by atoms with Gasteiger partial charge in [0.05, 0.1) is 19.6 Å². The van der Waals surface area contributed by atoms with Gasteiger partial charge in [-0.1, -0.05) is 6.07 Å². The molecule has 1 saturated heterocycles. The lowest BCUT2D eigenvalue weighted by atomic mass is 9.97. The number of aryl methyl sites for hydroxylation is 1. The average molecular weight is 332 g/mol. The van der Waals surface area contributed by atoms with Crippen molar-refractivity contribution in [2.45, 2.75) is 19.4 Å². The van der Waals surface area contributed by atoms with Gasteiger partial charge in [0.25, 0.3) is 0 Å². The summed E-state index contributed by atoms with van der Waals surface area (Å²) in [5.74, 6) is 0.872. The Balaban J connectivity index is 0.00000200. The minimum absolute atomic E-state index is 0. The zero-order valence-electron chi connectivity index (χ0n) is 12.5. The number of methoxy groups -OCH3 is 1. The molecular formula is C15H23Cl2N3O. The molecule has 1 aliphatic heterocycles. The summed E-state index contributed by atoms with van der Waals surface area (Å²) in [6, 6.07) is 8.64. The summed E-state index contributed by atoms with van der Waals surface area (Å²) in [4.78, 5) is 2.40. The van der Waals surface area contributed by atoms with Crippen LogP contribution in [0.25, 0.3) is 0 Å². The van der Waals surface area contributed by atoms with E-state index in [0.717, 1.165) is 31.9 Å². The molecule has 1 heterocycles. The molecule has 0 amide bonds. The van der Waals surface area contributed by atoms with Crippen molar-refractivity contribution in [2.24, 2.45) is 0 Å². The van der Waals surface area contributed by atoms with E-state index in [1.54, 1.807) is 7.11 Å². The number of nitrogens with zero attached hydrogens (tertiary/aromatic N) is 2. The minimum Gasteiger partial charge on any atom is -0.497 e. The second kappa shape index (κ2) is 9.86. The van der Waals surface area contributed by atoms with Crippen molar-refractivity contribution >= 4 is 24.8 Å². The SMILES string of the molecule is COc1ccc([C@@H](CC#N)N2CCNCC2)c(C)c1.Cl.Cl. The van der Waals surface area contributed by atoms with Crippen LogP contribution in [0.5, 0.6) is 5.75 Å². The van der Waals surface area contributed by atoms with E-state index in [2.05, 4.69) is 29.3 Å². The summed E-state index contributed by atoms with van der Waals surface area (Å²) >= 11 is 0. The van der Waals surface area contributed by atoms with E-state index in [1.165, 1.54) is 11.1 Å². The third-order valence-electron chi connectivity index (χ3n) is 3.71. The Labute approximate surface area is 139 Å². The van der Waals surface area contributed by atoms with Crippen LogP contribution in [-0.2, 0) is 0 Å². The van der Waals surface area contributed by atoms with Gasteiger partial charge in [0.15, 0.2) is 0 Å². The molecule has 2 rings (SSSR count). The minimum atomic E-state index is 0. The zero-order valence-corrected chi connectivity index (χ0v) is 14.1. The molecule has 1 atom stereocenters. The summed E-state index contributed by atoms with van der Waals surface area (Å²) in [6.07, 6.45) is 0.535. The molecule has 0 bridgehead atoms. The van der Waals surface area contributed by atoms with Crippen LogP contribution in [0.2, 0.25) is 0 Å². The average Bonchev–Trinajstić information content (AvgIpc) is 2.46. The smallest absolute Gasteiger partial charge is 0.119 e. The Hall–Kier alpha value is -0.990. The lowest BCUT2D eigenvalue weighted by molar-refractivity contribution is 0.175. The molecule has 21 heavy (non-hydrogen) atoms. The third kappa shape index (κ3) is 5.05. The van der Waals surface area contributed by atoms with Gasteiger partial charge in [-0.05, 0) is 30.2 Å². The number of hydrogen-bond donors (Lipinski definition) is 1. The number of nitriles is 1. The van der Waals surface area contributed by atoms with Gasteiger partial charge >= 0.3 is 0 Å². The summed E-state index contributed by atoms with van der Waals surface area (Å²) in [7, 11) is 1.68. The maximum atomic E-state index is 9.10. The van der Waals surface area contributed by atoms with E-state index >= 15 is 0 Å². The molecule has 0 spiro atoms. The van der Waals surface area contributed by atoms with Crippen LogP contribution in [0.3, 0.4) is 0 Å². The Morgan fingerprint density at radius 2 is 2.00 bits per heavy atom. The van der Waals surface area contributed by atoms with E-state index in [4.69, 9.17) is 10.00 Å². The topological polar surface area (TPSA) is 48.3 Å². The van der Waals surface area contributed by atoms with E-state index in [0.29, 0.717) is 6.42 Å². The predicted octanol–water partition coefficient (Wildman–Crippen LogP) is 2.71. The quantitative estimate of drug-likeness (QED) is 0.921. The monoisotopic (exact) mass is 331 g/mol. The highest BCUT2D eigenvalue weighted by molar-refractivity contribution is 5.85. The lowest BCUT2D eigenvalue weighted by Crippen LogP contribution is -2.45. The Morgan fingerprint density at radius 1 is 1.33 bits per heavy atom. The van der Waals surface area contributed by atoms with Gasteiger partial charge in [-0.25, -0.2) is 0 Å². The van der Waals surface area contributed by atoms with Crippen molar-refractivity contribution < 1.29 is 4.74 Å². The number of ether oxygens (including phenoxy) is 1. The molecule has 4 nitrogen and oxygen atoms in total. The van der Waals surface area contributed by atoms with E-state index in [1.807, 2.05) is 12.1 Å². The van der Waals surface area contributed by atoms with Crippen LogP contribution in [0, 0.1) is 18.3 Å². The maximum absolute atomic E-state index is 9.10. The van der Waals surface area contributed by atoms with E-state index in [-0.39, 0.29) is 30.9 Å². The Morgan fingerprint density at radius 3 is 2.52 bits per heavy atom. The number of piperazine rings is 1. The Kier molecular flexibility index (Phi) is 9.39. The molecule has 0 radical (unpaired) electrons. The highest BCUT2D eigenvalue weighted by Gasteiger charge is 2.23. The molecule has 1 aromatic rings. The van der Waals surface area contributed by atoms with Gasteiger partial charge in [0.2, 0.25) is 0 Å². The van der Waals surface area contributed by atoms with Gasteiger partial charge < -0.3 is 10.1 Å². The van der Waals surface area contributed by atoms with Gasteiger partial charge in [-0.3, -0.25) is 4.90 Å². The fraction of sp³-hybridized carbons (Fsp3) is 0.533. The van der Waals surface area contributed by atoms with Crippen LogP contribution in [0.15, 0.2) is 18.2 Å². The van der Waals surface area contributed by atoms with E-state index in [9.17, 15) is 0 Å². The van der Waals surface area contributed by atoms with Gasteiger partial charge in [-0.2, -0.15) is 5.26 Å². The summed E-state index contributed by atoms with van der Waals surface area (Å²) < 4.78 is 5.25. The van der Waals surface area contributed by atoms with Crippen LogP contribution in [-0.4, -0.2) is 38.2 Å². The first kappa shape index (κ1) is 20.0. The van der Waals surface area contributed by atoms with Gasteiger partial charge in [-0.15, -0.1) is 24.8 Å². The predicted molar refractivity (Wildman–Crippen MR) is 89.6 cm³/mol. The molecule has 1 fully saturated rings. The fourth-order valence-electron chi connectivity index (χ4n) is 2.67. The van der Waals surface area contributed by atoms with Gasteiger partial charge in [0, 0.05) is 32.2 Å². The van der Waals surface area contributed by atoms with Crippen LogP contribution < -0.4 is 10.1 Å². The molecule has 0 aliphatic carbocycles. The first-order valence-corrected chi connectivity index (χ1v) is 6.72. The number of hydrogen-bond acceptors (Lipinski definition) is 4. The van der Waals surface area contributed by atoms with Crippen molar-refractivity contribution in [1.29, 1.82) is 5.26 Å². The number of nitrogens with one attached hydrogen (secondary N) is 1. The second-order valence-electron chi connectivity index (χ2n) is 4.89. The first-order chi connectivity index (χ1) is 9.26. The van der Waals surface area contributed by atoms with Crippen molar-refractivity contribution in [3.8, 4) is 11.8 Å². The lowest BCUT2D eigenvalue weighted by Gasteiger charge is -2.34. The molecule has 0 unspecified atom stereocenters. The largest absolute Gasteiger partial charge is 0.497 e. The molecule has 1 aromatic carbocycles. The normalized spacial score (nSPS) is 16.0. The number of halogens is 2.